The maximum Gasteiger partial charge on any atom is 0.251 e. The summed E-state index contributed by atoms with van der Waals surface area (Å²) in [5.41, 5.74) is 5.86. The van der Waals surface area contributed by atoms with E-state index in [1.807, 2.05) is 31.2 Å². The number of benzene rings is 2. The molecule has 2 aromatic carbocycles. The summed E-state index contributed by atoms with van der Waals surface area (Å²) in [4.78, 5) is 27.1. The van der Waals surface area contributed by atoms with Gasteiger partial charge in [-0.3, -0.25) is 9.59 Å². The van der Waals surface area contributed by atoms with Crippen molar-refractivity contribution in [1.82, 2.24) is 15.3 Å². The van der Waals surface area contributed by atoms with Crippen LogP contribution in [0.15, 0.2) is 48.8 Å². The van der Waals surface area contributed by atoms with E-state index in [-0.39, 0.29) is 24.4 Å². The van der Waals surface area contributed by atoms with Crippen molar-refractivity contribution in [3.63, 3.8) is 0 Å². The number of amides is 2. The lowest BCUT2D eigenvalue weighted by atomic mass is 10.0. The summed E-state index contributed by atoms with van der Waals surface area (Å²) in [6, 6.07) is 10.5. The maximum absolute atomic E-state index is 13.1. The van der Waals surface area contributed by atoms with E-state index in [0.29, 0.717) is 28.6 Å². The van der Waals surface area contributed by atoms with E-state index in [1.165, 1.54) is 4.90 Å². The van der Waals surface area contributed by atoms with Crippen molar-refractivity contribution in [2.75, 3.05) is 26.1 Å². The molecule has 32 heavy (non-hydrogen) atoms. The van der Waals surface area contributed by atoms with Gasteiger partial charge < -0.3 is 24.7 Å². The van der Waals surface area contributed by atoms with Crippen molar-refractivity contribution in [1.29, 1.82) is 0 Å². The van der Waals surface area contributed by atoms with Crippen molar-refractivity contribution in [3.05, 3.63) is 64.9 Å². The van der Waals surface area contributed by atoms with E-state index >= 15 is 0 Å². The van der Waals surface area contributed by atoms with Gasteiger partial charge in [0, 0.05) is 23.1 Å². The molecule has 2 N–H and O–H groups in total. The third-order valence-electron chi connectivity index (χ3n) is 5.67. The first-order chi connectivity index (χ1) is 15.4. The highest BCUT2D eigenvalue weighted by atomic mass is 35.5. The number of aryl methyl sites for hydroxylation is 1. The van der Waals surface area contributed by atoms with Crippen LogP contribution < -0.4 is 20.2 Å². The molecule has 0 bridgehead atoms. The largest absolute Gasteiger partial charge is 0.493 e. The molecule has 9 heteroatoms. The third kappa shape index (κ3) is 4.37. The minimum Gasteiger partial charge on any atom is -0.493 e. The molecule has 1 saturated heterocycles. The molecular formula is C23H25ClN4O4. The molecule has 8 nitrogen and oxygen atoms in total. The summed E-state index contributed by atoms with van der Waals surface area (Å²) >= 11 is 6.02. The number of carbonyl (C=O) groups excluding carboxylic acids is 2. The Labute approximate surface area is 191 Å². The number of ether oxygens (including phenoxy) is 2. The third-order valence-corrected chi connectivity index (χ3v) is 5.91. The van der Waals surface area contributed by atoms with Crippen LogP contribution in [0.1, 0.15) is 23.6 Å². The van der Waals surface area contributed by atoms with Gasteiger partial charge in [-0.25, -0.2) is 5.43 Å². The Hall–Kier alpha value is -3.23. The van der Waals surface area contributed by atoms with Crippen LogP contribution in [0, 0.1) is 6.92 Å². The number of fused-ring (bicyclic) bond motifs is 1. The number of hydrazine groups is 1. The number of methoxy groups -OCH3 is 2. The molecule has 0 aliphatic carbocycles. The van der Waals surface area contributed by atoms with Gasteiger partial charge in [-0.05, 0) is 48.7 Å². The molecule has 2 aliphatic heterocycles. The Morgan fingerprint density at radius 3 is 2.69 bits per heavy atom. The van der Waals surface area contributed by atoms with E-state index < -0.39 is 6.04 Å². The van der Waals surface area contributed by atoms with E-state index in [9.17, 15) is 9.59 Å². The summed E-state index contributed by atoms with van der Waals surface area (Å²) in [5, 5.41) is 5.16. The Morgan fingerprint density at radius 1 is 1.16 bits per heavy atom. The highest BCUT2D eigenvalue weighted by molar-refractivity contribution is 6.31. The summed E-state index contributed by atoms with van der Waals surface area (Å²) in [6.07, 6.45) is 3.96. The van der Waals surface area contributed by atoms with Crippen molar-refractivity contribution < 1.29 is 19.1 Å². The molecule has 2 heterocycles. The molecule has 0 aromatic heterocycles. The quantitative estimate of drug-likeness (QED) is 0.694. The lowest BCUT2D eigenvalue weighted by Crippen LogP contribution is -2.49. The maximum atomic E-state index is 13.1. The zero-order valence-electron chi connectivity index (χ0n) is 18.1. The van der Waals surface area contributed by atoms with Crippen LogP contribution in [-0.4, -0.2) is 48.5 Å². The van der Waals surface area contributed by atoms with Crippen LogP contribution in [0.2, 0.25) is 5.02 Å². The summed E-state index contributed by atoms with van der Waals surface area (Å²) in [7, 11) is 3.18. The number of hydrogen-bond acceptors (Lipinski definition) is 6. The fourth-order valence-electron chi connectivity index (χ4n) is 3.93. The van der Waals surface area contributed by atoms with Crippen LogP contribution in [0.25, 0.3) is 0 Å². The summed E-state index contributed by atoms with van der Waals surface area (Å²) < 4.78 is 10.7. The average Bonchev–Trinajstić information content (AvgIpc) is 3.23. The number of anilines is 1. The number of nitrogens with one attached hydrogen (secondary N) is 2. The van der Waals surface area contributed by atoms with Crippen LogP contribution >= 0.6 is 11.6 Å². The van der Waals surface area contributed by atoms with Crippen LogP contribution in [-0.2, 0) is 9.59 Å². The molecule has 0 radical (unpaired) electrons. The Balaban J connectivity index is 1.42. The van der Waals surface area contributed by atoms with Gasteiger partial charge in [0.1, 0.15) is 12.6 Å². The topological polar surface area (TPSA) is 83.1 Å². The molecule has 2 unspecified atom stereocenters. The zero-order chi connectivity index (χ0) is 22.8. The fourth-order valence-corrected chi connectivity index (χ4v) is 4.10. The molecule has 2 amide bonds. The van der Waals surface area contributed by atoms with Crippen LogP contribution in [0.3, 0.4) is 0 Å². The second-order valence-electron chi connectivity index (χ2n) is 7.73. The second kappa shape index (κ2) is 9.10. The molecule has 0 spiro atoms. The minimum atomic E-state index is -0.404. The Morgan fingerprint density at radius 2 is 1.94 bits per heavy atom. The average molecular weight is 457 g/mol. The smallest absolute Gasteiger partial charge is 0.251 e. The molecule has 2 aliphatic rings. The summed E-state index contributed by atoms with van der Waals surface area (Å²) in [5.74, 6) is 0.855. The lowest BCUT2D eigenvalue weighted by molar-refractivity contribution is -0.137. The first kappa shape index (κ1) is 22.0. The first-order valence-corrected chi connectivity index (χ1v) is 10.6. The molecule has 1 fully saturated rings. The Kier molecular flexibility index (Phi) is 6.25. The number of halogens is 1. The predicted molar refractivity (Wildman–Crippen MR) is 121 cm³/mol. The monoisotopic (exact) mass is 456 g/mol. The fraction of sp³-hybridized carbons (Fsp3) is 0.304. The van der Waals surface area contributed by atoms with E-state index in [4.69, 9.17) is 21.1 Å². The molecule has 168 valence electrons. The van der Waals surface area contributed by atoms with Gasteiger partial charge in [-0.2, -0.15) is 0 Å². The van der Waals surface area contributed by atoms with Crippen LogP contribution in [0.4, 0.5) is 5.69 Å². The van der Waals surface area contributed by atoms with Gasteiger partial charge >= 0.3 is 0 Å². The van der Waals surface area contributed by atoms with Crippen molar-refractivity contribution in [2.24, 2.45) is 0 Å². The molecule has 2 atom stereocenters. The van der Waals surface area contributed by atoms with E-state index in [2.05, 4.69) is 10.7 Å². The summed E-state index contributed by atoms with van der Waals surface area (Å²) in [6.45, 7) is 1.81. The van der Waals surface area contributed by atoms with Crippen molar-refractivity contribution in [3.8, 4) is 11.5 Å². The van der Waals surface area contributed by atoms with Gasteiger partial charge in [0.15, 0.2) is 11.5 Å². The molecular weight excluding hydrogens is 432 g/mol. The van der Waals surface area contributed by atoms with E-state index in [1.54, 1.807) is 43.8 Å². The van der Waals surface area contributed by atoms with E-state index in [0.717, 1.165) is 11.1 Å². The van der Waals surface area contributed by atoms with Gasteiger partial charge in [0.2, 0.25) is 5.91 Å². The molecule has 4 rings (SSSR count). The standard InChI is InChI=1S/C23H25ClN4O4/c1-14-4-6-16(24)11-17(14)25-22(29)13-27-8-9-28-19(23(27)30)12-18(26-28)15-5-7-20(31-2)21(10-15)32-3/h4-11,18-19,26H,12-13H2,1-3H3,(H,25,29). The SMILES string of the molecule is COc1ccc(C2CC3C(=O)N(CC(=O)Nc4cc(Cl)ccc4C)C=CN3N2)cc1OC. The second-order valence-corrected chi connectivity index (χ2v) is 8.16. The van der Waals surface area contributed by atoms with Crippen molar-refractivity contribution >= 4 is 29.1 Å². The Bertz CT molecular complexity index is 1070. The predicted octanol–water partition coefficient (Wildman–Crippen LogP) is 3.24. The highest BCUT2D eigenvalue weighted by Crippen LogP contribution is 2.35. The van der Waals surface area contributed by atoms with Gasteiger partial charge in [-0.1, -0.05) is 23.7 Å². The highest BCUT2D eigenvalue weighted by Gasteiger charge is 2.40. The molecule has 2 aromatic rings. The van der Waals surface area contributed by atoms with Gasteiger partial charge in [0.05, 0.1) is 20.3 Å². The first-order valence-electron chi connectivity index (χ1n) is 10.2. The minimum absolute atomic E-state index is 0.0729. The van der Waals surface area contributed by atoms with Crippen LogP contribution in [0.5, 0.6) is 11.5 Å². The number of nitrogens with zero attached hydrogens (tertiary/aromatic N) is 2. The zero-order valence-corrected chi connectivity index (χ0v) is 18.8. The lowest BCUT2D eigenvalue weighted by Gasteiger charge is -2.31. The van der Waals surface area contributed by atoms with Gasteiger partial charge in [-0.15, -0.1) is 0 Å². The van der Waals surface area contributed by atoms with Gasteiger partial charge in [0.25, 0.3) is 5.91 Å². The molecule has 0 saturated carbocycles. The number of rotatable bonds is 6. The van der Waals surface area contributed by atoms with Crippen molar-refractivity contribution in [2.45, 2.75) is 25.4 Å². The number of carbonyl (C=O) groups is 2. The number of hydrogen-bond donors (Lipinski definition) is 2. The normalized spacial score (nSPS) is 19.7.